The molecule has 0 amide bonds. The number of esters is 1. The lowest BCUT2D eigenvalue weighted by Crippen LogP contribution is -1.96. The molecule has 0 aliphatic carbocycles. The zero-order chi connectivity index (χ0) is 12.5. The normalized spacial score (nSPS) is 17.1. The third kappa shape index (κ3) is 2.02. The molecule has 90 valence electrons. The molecule has 3 rings (SSSR count). The summed E-state index contributed by atoms with van der Waals surface area (Å²) in [6.07, 6.45) is 3.43. The molecule has 0 aromatic carbocycles. The summed E-state index contributed by atoms with van der Waals surface area (Å²) >= 11 is 1.54. The van der Waals surface area contributed by atoms with Crippen molar-refractivity contribution in [3.63, 3.8) is 0 Å². The zero-order valence-electron chi connectivity index (χ0n) is 9.67. The molecule has 3 heterocycles. The Morgan fingerprint density at radius 1 is 1.28 bits per heavy atom. The Balaban J connectivity index is 1.94. The molecule has 0 saturated heterocycles. The Labute approximate surface area is 108 Å². The van der Waals surface area contributed by atoms with Gasteiger partial charge in [-0.05, 0) is 42.7 Å². The van der Waals surface area contributed by atoms with Gasteiger partial charge in [0.25, 0.3) is 0 Å². The second-order valence-corrected chi connectivity index (χ2v) is 4.87. The Kier molecular flexibility index (Phi) is 2.64. The number of carbonyl (C=O) groups is 1. The molecule has 4 heteroatoms. The van der Waals surface area contributed by atoms with Gasteiger partial charge in [0, 0.05) is 0 Å². The molecule has 0 atom stereocenters. The van der Waals surface area contributed by atoms with Crippen LogP contribution in [0.25, 0.3) is 11.8 Å². The molecule has 1 aliphatic rings. The Morgan fingerprint density at radius 2 is 2.17 bits per heavy atom. The van der Waals surface area contributed by atoms with E-state index in [-0.39, 0.29) is 5.97 Å². The number of carbonyl (C=O) groups excluding carboxylic acids is 1. The molecule has 1 aliphatic heterocycles. The molecule has 0 fully saturated rings. The molecule has 0 bridgehead atoms. The maximum atomic E-state index is 11.7. The average molecular weight is 258 g/mol. The molecule has 0 N–H and O–H groups in total. The summed E-state index contributed by atoms with van der Waals surface area (Å²) in [5.74, 6) is 1.73. The van der Waals surface area contributed by atoms with E-state index >= 15 is 0 Å². The standard InChI is InChI=1S/C14H10O3S/c1-9-4-5-11(16-9)7-10-8-12(17-14(10)15)13-3-2-6-18-13/h2-8H,1H3/b10-7+. The van der Waals surface area contributed by atoms with E-state index in [9.17, 15) is 4.79 Å². The van der Waals surface area contributed by atoms with Gasteiger partial charge in [0.05, 0.1) is 10.5 Å². The fourth-order valence-electron chi connectivity index (χ4n) is 1.71. The van der Waals surface area contributed by atoms with Crippen molar-refractivity contribution in [1.82, 2.24) is 0 Å². The highest BCUT2D eigenvalue weighted by Crippen LogP contribution is 2.30. The van der Waals surface area contributed by atoms with E-state index < -0.39 is 0 Å². The summed E-state index contributed by atoms with van der Waals surface area (Å²) in [6.45, 7) is 1.86. The van der Waals surface area contributed by atoms with Gasteiger partial charge in [-0.3, -0.25) is 0 Å². The van der Waals surface area contributed by atoms with Crippen molar-refractivity contribution >= 4 is 29.1 Å². The topological polar surface area (TPSA) is 39.4 Å². The summed E-state index contributed by atoms with van der Waals surface area (Å²) in [4.78, 5) is 12.7. The van der Waals surface area contributed by atoms with E-state index in [2.05, 4.69) is 0 Å². The van der Waals surface area contributed by atoms with Crippen molar-refractivity contribution in [2.45, 2.75) is 6.92 Å². The van der Waals surface area contributed by atoms with Crippen molar-refractivity contribution in [2.75, 3.05) is 0 Å². The fourth-order valence-corrected chi connectivity index (χ4v) is 2.39. The van der Waals surface area contributed by atoms with E-state index in [0.29, 0.717) is 17.1 Å². The lowest BCUT2D eigenvalue weighted by Gasteiger charge is -1.95. The van der Waals surface area contributed by atoms with E-state index in [1.807, 2.05) is 36.6 Å². The zero-order valence-corrected chi connectivity index (χ0v) is 10.5. The Bertz CT molecular complexity index is 644. The van der Waals surface area contributed by atoms with Crippen LogP contribution in [0.2, 0.25) is 0 Å². The van der Waals surface area contributed by atoms with Crippen LogP contribution in [0.5, 0.6) is 0 Å². The number of cyclic esters (lactones) is 1. The van der Waals surface area contributed by atoms with Gasteiger partial charge in [-0.2, -0.15) is 0 Å². The lowest BCUT2D eigenvalue weighted by atomic mass is 10.2. The van der Waals surface area contributed by atoms with Gasteiger partial charge in [-0.1, -0.05) is 6.07 Å². The summed E-state index contributed by atoms with van der Waals surface area (Å²) < 4.78 is 10.6. The summed E-state index contributed by atoms with van der Waals surface area (Å²) in [5, 5.41) is 1.95. The van der Waals surface area contributed by atoms with Crippen LogP contribution in [0.15, 0.2) is 45.7 Å². The first-order chi connectivity index (χ1) is 8.72. The molecule has 2 aromatic heterocycles. The summed E-state index contributed by atoms with van der Waals surface area (Å²) in [5.41, 5.74) is 0.507. The van der Waals surface area contributed by atoms with Crippen LogP contribution in [-0.2, 0) is 9.53 Å². The highest BCUT2D eigenvalue weighted by Gasteiger charge is 2.22. The minimum atomic E-state index is -0.340. The molecular formula is C14H10O3S. The fraction of sp³-hybridized carbons (Fsp3) is 0.0714. The SMILES string of the molecule is Cc1ccc(/C=C2\C=C(c3cccs3)OC2=O)o1. The third-order valence-electron chi connectivity index (χ3n) is 2.55. The second-order valence-electron chi connectivity index (χ2n) is 3.92. The number of ether oxygens (including phenoxy) is 1. The first-order valence-corrected chi connectivity index (χ1v) is 6.36. The minimum absolute atomic E-state index is 0.340. The van der Waals surface area contributed by atoms with E-state index in [4.69, 9.17) is 9.15 Å². The molecule has 0 saturated carbocycles. The van der Waals surface area contributed by atoms with E-state index in [1.54, 1.807) is 12.2 Å². The van der Waals surface area contributed by atoms with Crippen LogP contribution in [0.1, 0.15) is 16.4 Å². The van der Waals surface area contributed by atoms with Crippen LogP contribution < -0.4 is 0 Å². The Hall–Kier alpha value is -2.07. The number of rotatable bonds is 2. The van der Waals surface area contributed by atoms with Gasteiger partial charge in [0.15, 0.2) is 0 Å². The van der Waals surface area contributed by atoms with Crippen molar-refractivity contribution < 1.29 is 13.9 Å². The van der Waals surface area contributed by atoms with Gasteiger partial charge in [0.1, 0.15) is 17.3 Å². The predicted molar refractivity (Wildman–Crippen MR) is 69.8 cm³/mol. The van der Waals surface area contributed by atoms with Crippen molar-refractivity contribution in [3.05, 3.63) is 57.7 Å². The number of aryl methyl sites for hydroxylation is 1. The summed E-state index contributed by atoms with van der Waals surface area (Å²) in [7, 11) is 0. The minimum Gasteiger partial charge on any atom is -0.462 e. The van der Waals surface area contributed by atoms with Crippen LogP contribution in [0.4, 0.5) is 0 Å². The number of hydrogen-bond donors (Lipinski definition) is 0. The quantitative estimate of drug-likeness (QED) is 0.610. The maximum absolute atomic E-state index is 11.7. The molecule has 2 aromatic rings. The lowest BCUT2D eigenvalue weighted by molar-refractivity contribution is -0.130. The highest BCUT2D eigenvalue weighted by molar-refractivity contribution is 7.11. The molecule has 3 nitrogen and oxygen atoms in total. The van der Waals surface area contributed by atoms with Crippen LogP contribution in [-0.4, -0.2) is 5.97 Å². The largest absolute Gasteiger partial charge is 0.462 e. The van der Waals surface area contributed by atoms with Gasteiger partial charge in [0.2, 0.25) is 0 Å². The van der Waals surface area contributed by atoms with Crippen molar-refractivity contribution in [1.29, 1.82) is 0 Å². The number of hydrogen-bond acceptors (Lipinski definition) is 4. The molecule has 0 unspecified atom stereocenters. The Morgan fingerprint density at radius 3 is 2.83 bits per heavy atom. The van der Waals surface area contributed by atoms with E-state index in [1.165, 1.54) is 11.3 Å². The average Bonchev–Trinajstić information content (AvgIpc) is 3.02. The van der Waals surface area contributed by atoms with Gasteiger partial charge in [-0.25, -0.2) is 4.79 Å². The molecule has 18 heavy (non-hydrogen) atoms. The number of furan rings is 1. The van der Waals surface area contributed by atoms with Crippen LogP contribution in [0.3, 0.4) is 0 Å². The van der Waals surface area contributed by atoms with Crippen molar-refractivity contribution in [2.24, 2.45) is 0 Å². The second kappa shape index (κ2) is 4.31. The van der Waals surface area contributed by atoms with E-state index in [0.717, 1.165) is 10.6 Å². The van der Waals surface area contributed by atoms with Gasteiger partial charge >= 0.3 is 5.97 Å². The molecule has 0 radical (unpaired) electrons. The first kappa shape index (κ1) is 11.0. The highest BCUT2D eigenvalue weighted by atomic mass is 32.1. The van der Waals surface area contributed by atoms with Gasteiger partial charge < -0.3 is 9.15 Å². The first-order valence-electron chi connectivity index (χ1n) is 5.48. The smallest absolute Gasteiger partial charge is 0.343 e. The van der Waals surface area contributed by atoms with Gasteiger partial charge in [-0.15, -0.1) is 11.3 Å². The predicted octanol–water partition coefficient (Wildman–Crippen LogP) is 3.63. The monoisotopic (exact) mass is 258 g/mol. The molecule has 0 spiro atoms. The van der Waals surface area contributed by atoms with Crippen LogP contribution >= 0.6 is 11.3 Å². The summed E-state index contributed by atoms with van der Waals surface area (Å²) in [6, 6.07) is 7.53. The number of thiophene rings is 1. The third-order valence-corrected chi connectivity index (χ3v) is 3.43. The van der Waals surface area contributed by atoms with Crippen LogP contribution in [0, 0.1) is 6.92 Å². The maximum Gasteiger partial charge on any atom is 0.343 e. The van der Waals surface area contributed by atoms with Crippen molar-refractivity contribution in [3.8, 4) is 0 Å². The molecular weight excluding hydrogens is 248 g/mol.